The topological polar surface area (TPSA) is 12.0 Å². The molecule has 0 aliphatic rings. The van der Waals surface area contributed by atoms with Crippen LogP contribution in [-0.2, 0) is 6.42 Å². The fraction of sp³-hybridized carbons (Fsp3) is 0.294. The molecule has 0 fully saturated rings. The highest BCUT2D eigenvalue weighted by atomic mass is 32.1. The molecule has 1 nitrogen and oxygen atoms in total. The Bertz CT molecular complexity index is 652. The van der Waals surface area contributed by atoms with Crippen molar-refractivity contribution in [1.82, 2.24) is 5.32 Å². The van der Waals surface area contributed by atoms with Crippen molar-refractivity contribution in [3.05, 3.63) is 66.7 Å². The molecule has 2 unspecified atom stereocenters. The Morgan fingerprint density at radius 1 is 1.00 bits per heavy atom. The van der Waals surface area contributed by atoms with E-state index in [1.165, 1.54) is 19.5 Å². The zero-order chi connectivity index (χ0) is 14.7. The Labute approximate surface area is 138 Å². The third-order valence-corrected chi connectivity index (χ3v) is 6.58. The van der Waals surface area contributed by atoms with Gasteiger partial charge >= 0.3 is 0 Å². The largest absolute Gasteiger partial charge is 0.302 e. The first-order valence-electron chi connectivity index (χ1n) is 7.10. The SMILES string of the molecule is Cc1ccc(C(C)NC(Cc2cccs2)c2cccs2)s1. The van der Waals surface area contributed by atoms with Crippen molar-refractivity contribution in [3.8, 4) is 0 Å². The molecule has 0 amide bonds. The van der Waals surface area contributed by atoms with Crippen LogP contribution in [0.4, 0.5) is 0 Å². The number of rotatable bonds is 6. The molecular formula is C17H19NS3. The van der Waals surface area contributed by atoms with Crippen LogP contribution in [0, 0.1) is 6.92 Å². The van der Waals surface area contributed by atoms with Gasteiger partial charge in [0.25, 0.3) is 0 Å². The molecule has 3 heterocycles. The quantitative estimate of drug-likeness (QED) is 0.600. The molecule has 4 heteroatoms. The van der Waals surface area contributed by atoms with E-state index in [0.29, 0.717) is 12.1 Å². The van der Waals surface area contributed by atoms with Gasteiger partial charge in [-0.15, -0.1) is 34.0 Å². The van der Waals surface area contributed by atoms with Crippen LogP contribution in [0.2, 0.25) is 0 Å². The fourth-order valence-electron chi connectivity index (χ4n) is 2.43. The normalized spacial score (nSPS) is 14.2. The van der Waals surface area contributed by atoms with Gasteiger partial charge in [-0.25, -0.2) is 0 Å². The molecule has 1 N–H and O–H groups in total. The maximum Gasteiger partial charge on any atom is 0.0468 e. The van der Waals surface area contributed by atoms with E-state index >= 15 is 0 Å². The molecule has 3 aromatic heterocycles. The highest BCUT2D eigenvalue weighted by Crippen LogP contribution is 2.29. The summed E-state index contributed by atoms with van der Waals surface area (Å²) >= 11 is 5.57. The molecule has 0 aliphatic heterocycles. The summed E-state index contributed by atoms with van der Waals surface area (Å²) in [4.78, 5) is 5.66. The smallest absolute Gasteiger partial charge is 0.0468 e. The van der Waals surface area contributed by atoms with Gasteiger partial charge in [0.05, 0.1) is 0 Å². The molecule has 0 saturated carbocycles. The van der Waals surface area contributed by atoms with Gasteiger partial charge in [-0.2, -0.15) is 0 Å². The van der Waals surface area contributed by atoms with E-state index in [1.807, 2.05) is 34.0 Å². The van der Waals surface area contributed by atoms with Gasteiger partial charge in [0.15, 0.2) is 0 Å². The second kappa shape index (κ2) is 6.88. The Kier molecular flexibility index (Phi) is 4.91. The van der Waals surface area contributed by atoms with Crippen LogP contribution in [0.5, 0.6) is 0 Å². The van der Waals surface area contributed by atoms with Crippen LogP contribution < -0.4 is 5.32 Å². The monoisotopic (exact) mass is 333 g/mol. The van der Waals surface area contributed by atoms with E-state index in [1.54, 1.807) is 0 Å². The van der Waals surface area contributed by atoms with E-state index in [-0.39, 0.29) is 0 Å². The molecule has 21 heavy (non-hydrogen) atoms. The lowest BCUT2D eigenvalue weighted by molar-refractivity contribution is 0.476. The van der Waals surface area contributed by atoms with Crippen LogP contribution >= 0.6 is 34.0 Å². The van der Waals surface area contributed by atoms with Gasteiger partial charge in [0, 0.05) is 38.0 Å². The van der Waals surface area contributed by atoms with Gasteiger partial charge in [-0.05, 0) is 48.9 Å². The van der Waals surface area contributed by atoms with Gasteiger partial charge in [0.1, 0.15) is 0 Å². The average Bonchev–Trinajstić information content (AvgIpc) is 3.20. The number of aryl methyl sites for hydroxylation is 1. The second-order valence-electron chi connectivity index (χ2n) is 5.19. The Morgan fingerprint density at radius 3 is 2.43 bits per heavy atom. The van der Waals surface area contributed by atoms with E-state index in [0.717, 1.165) is 6.42 Å². The van der Waals surface area contributed by atoms with Crippen LogP contribution in [0.25, 0.3) is 0 Å². The summed E-state index contributed by atoms with van der Waals surface area (Å²) in [7, 11) is 0. The molecule has 3 aromatic rings. The van der Waals surface area contributed by atoms with Crippen LogP contribution in [0.1, 0.15) is 38.5 Å². The number of hydrogen-bond acceptors (Lipinski definition) is 4. The van der Waals surface area contributed by atoms with E-state index in [2.05, 4.69) is 66.3 Å². The third-order valence-electron chi connectivity index (χ3n) is 3.51. The molecule has 2 atom stereocenters. The lowest BCUT2D eigenvalue weighted by Gasteiger charge is -2.21. The predicted octanol–water partition coefficient (Wildman–Crippen LogP) is 5.81. The van der Waals surface area contributed by atoms with Crippen molar-refractivity contribution in [1.29, 1.82) is 0 Å². The molecule has 3 rings (SSSR count). The van der Waals surface area contributed by atoms with Crippen molar-refractivity contribution < 1.29 is 0 Å². The van der Waals surface area contributed by atoms with Crippen molar-refractivity contribution in [2.24, 2.45) is 0 Å². The molecule has 0 aromatic carbocycles. The second-order valence-corrected chi connectivity index (χ2v) is 8.52. The lowest BCUT2D eigenvalue weighted by atomic mass is 10.1. The van der Waals surface area contributed by atoms with Crippen molar-refractivity contribution in [3.63, 3.8) is 0 Å². The number of hydrogen-bond donors (Lipinski definition) is 1. The maximum absolute atomic E-state index is 3.81. The Hall–Kier alpha value is -0.940. The van der Waals surface area contributed by atoms with Gasteiger partial charge in [-0.3, -0.25) is 0 Å². The Morgan fingerprint density at radius 2 is 1.81 bits per heavy atom. The summed E-state index contributed by atoms with van der Waals surface area (Å²) in [5.41, 5.74) is 0. The summed E-state index contributed by atoms with van der Waals surface area (Å²) in [6.45, 7) is 4.43. The average molecular weight is 334 g/mol. The standard InChI is InChI=1S/C17H19NS3/c1-12-7-8-16(21-12)13(2)18-15(17-6-4-10-20-17)11-14-5-3-9-19-14/h3-10,13,15,18H,11H2,1-2H3. The number of nitrogens with one attached hydrogen (secondary N) is 1. The minimum absolute atomic E-state index is 0.385. The molecule has 0 spiro atoms. The van der Waals surface area contributed by atoms with Gasteiger partial charge < -0.3 is 5.32 Å². The first-order valence-corrected chi connectivity index (χ1v) is 9.68. The molecular weight excluding hydrogens is 314 g/mol. The first-order chi connectivity index (χ1) is 10.2. The Balaban J connectivity index is 1.76. The minimum Gasteiger partial charge on any atom is -0.302 e. The molecule has 0 aliphatic carbocycles. The molecule has 0 saturated heterocycles. The summed E-state index contributed by atoms with van der Waals surface area (Å²) in [5.74, 6) is 0. The number of thiophene rings is 3. The van der Waals surface area contributed by atoms with Crippen molar-refractivity contribution in [2.75, 3.05) is 0 Å². The van der Waals surface area contributed by atoms with Crippen LogP contribution in [0.15, 0.2) is 47.2 Å². The zero-order valence-corrected chi connectivity index (χ0v) is 14.7. The summed E-state index contributed by atoms with van der Waals surface area (Å²) in [5, 5.41) is 8.14. The van der Waals surface area contributed by atoms with E-state index in [4.69, 9.17) is 0 Å². The van der Waals surface area contributed by atoms with Crippen LogP contribution in [0.3, 0.4) is 0 Å². The van der Waals surface area contributed by atoms with E-state index < -0.39 is 0 Å². The van der Waals surface area contributed by atoms with Gasteiger partial charge in [0.2, 0.25) is 0 Å². The summed E-state index contributed by atoms with van der Waals surface area (Å²) in [6.07, 6.45) is 1.06. The molecule has 110 valence electrons. The summed E-state index contributed by atoms with van der Waals surface area (Å²) < 4.78 is 0. The maximum atomic E-state index is 3.81. The molecule has 0 radical (unpaired) electrons. The van der Waals surface area contributed by atoms with Crippen LogP contribution in [-0.4, -0.2) is 0 Å². The molecule has 0 bridgehead atoms. The first kappa shape index (κ1) is 15.0. The zero-order valence-electron chi connectivity index (χ0n) is 12.2. The summed E-state index contributed by atoms with van der Waals surface area (Å²) in [6, 6.07) is 14.0. The lowest BCUT2D eigenvalue weighted by Crippen LogP contribution is -2.25. The third kappa shape index (κ3) is 3.83. The minimum atomic E-state index is 0.385. The van der Waals surface area contributed by atoms with Crippen molar-refractivity contribution >= 4 is 34.0 Å². The highest BCUT2D eigenvalue weighted by molar-refractivity contribution is 7.12. The fourth-order valence-corrected chi connectivity index (χ4v) is 4.86. The van der Waals surface area contributed by atoms with Crippen molar-refractivity contribution in [2.45, 2.75) is 32.4 Å². The highest BCUT2D eigenvalue weighted by Gasteiger charge is 2.18. The predicted molar refractivity (Wildman–Crippen MR) is 95.7 cm³/mol. The van der Waals surface area contributed by atoms with Gasteiger partial charge in [-0.1, -0.05) is 12.1 Å². The van der Waals surface area contributed by atoms with E-state index in [9.17, 15) is 0 Å².